The van der Waals surface area contributed by atoms with Crippen molar-refractivity contribution in [3.8, 4) is 6.07 Å². The molecule has 0 spiro atoms. The van der Waals surface area contributed by atoms with Crippen molar-refractivity contribution in [3.63, 3.8) is 0 Å². The van der Waals surface area contributed by atoms with Crippen molar-refractivity contribution >= 4 is 72.1 Å². The molecule has 0 N–H and O–H groups in total. The molecule has 226 valence electrons. The maximum atomic E-state index is 9.50. The summed E-state index contributed by atoms with van der Waals surface area (Å²) in [6.07, 6.45) is 0. The average Bonchev–Trinajstić information content (AvgIpc) is 3.14. The van der Waals surface area contributed by atoms with E-state index in [1.165, 1.54) is 38.1 Å². The van der Waals surface area contributed by atoms with Crippen LogP contribution in [-0.2, 0) is 0 Å². The molecule has 0 radical (unpaired) electrons. The third-order valence-corrected chi connectivity index (χ3v) is 9.27. The van der Waals surface area contributed by atoms with E-state index in [1.807, 2.05) is 60.7 Å². The number of hydrogen-bond donors (Lipinski definition) is 0. The Morgan fingerprint density at radius 3 is 1.56 bits per heavy atom. The lowest BCUT2D eigenvalue weighted by Crippen LogP contribution is -2.12. The highest BCUT2D eigenvalue weighted by atomic mass is 15.1. The Balaban J connectivity index is 1.44. The van der Waals surface area contributed by atoms with Crippen molar-refractivity contribution in [2.45, 2.75) is 13.8 Å². The van der Waals surface area contributed by atoms with Gasteiger partial charge in [-0.05, 0) is 125 Å². The van der Waals surface area contributed by atoms with Crippen LogP contribution in [0.5, 0.6) is 0 Å². The maximum Gasteiger partial charge on any atom is 0.187 e. The van der Waals surface area contributed by atoms with Crippen LogP contribution in [0.3, 0.4) is 0 Å². The van der Waals surface area contributed by atoms with E-state index in [0.717, 1.165) is 39.5 Å². The van der Waals surface area contributed by atoms with Crippen LogP contribution in [0.25, 0.3) is 37.2 Å². The fourth-order valence-electron chi connectivity index (χ4n) is 7.05. The van der Waals surface area contributed by atoms with E-state index in [0.29, 0.717) is 11.3 Å². The predicted molar refractivity (Wildman–Crippen MR) is 200 cm³/mol. The predicted octanol–water partition coefficient (Wildman–Crippen LogP) is 12.6. The first-order chi connectivity index (χ1) is 23.6. The molecule has 0 heterocycles. The molecule has 0 amide bonds. The van der Waals surface area contributed by atoms with Gasteiger partial charge in [0.1, 0.15) is 0 Å². The van der Waals surface area contributed by atoms with Gasteiger partial charge < -0.3 is 9.80 Å². The van der Waals surface area contributed by atoms with Crippen LogP contribution in [0.1, 0.15) is 16.7 Å². The Bertz CT molecular complexity index is 2520. The molecule has 0 aliphatic carbocycles. The lowest BCUT2D eigenvalue weighted by atomic mass is 9.88. The van der Waals surface area contributed by atoms with E-state index in [-0.39, 0.29) is 0 Å². The van der Waals surface area contributed by atoms with Crippen molar-refractivity contribution in [1.29, 1.82) is 5.26 Å². The number of nitriles is 1. The second-order valence-electron chi connectivity index (χ2n) is 12.1. The number of para-hydroxylation sites is 2. The van der Waals surface area contributed by atoms with Crippen LogP contribution in [-0.4, -0.2) is 0 Å². The normalized spacial score (nSPS) is 11.1. The van der Waals surface area contributed by atoms with Crippen molar-refractivity contribution < 1.29 is 0 Å². The van der Waals surface area contributed by atoms with Gasteiger partial charge in [0.05, 0.1) is 29.6 Å². The molecule has 8 aromatic carbocycles. The Morgan fingerprint density at radius 1 is 0.500 bits per heavy atom. The molecule has 0 bridgehead atoms. The topological polar surface area (TPSA) is 34.6 Å². The number of rotatable bonds is 6. The van der Waals surface area contributed by atoms with E-state index in [9.17, 15) is 5.26 Å². The lowest BCUT2D eigenvalue weighted by molar-refractivity contribution is 1.29. The van der Waals surface area contributed by atoms with E-state index in [1.54, 1.807) is 0 Å². The number of aryl methyl sites for hydroxylation is 2. The highest BCUT2D eigenvalue weighted by Gasteiger charge is 2.23. The third kappa shape index (κ3) is 4.68. The average molecular weight is 615 g/mol. The summed E-state index contributed by atoms with van der Waals surface area (Å²) in [5.41, 5.74) is 9.90. The summed E-state index contributed by atoms with van der Waals surface area (Å²) in [5, 5.41) is 16.7. The molecule has 0 fully saturated rings. The summed E-state index contributed by atoms with van der Waals surface area (Å²) in [5.74, 6) is 0. The standard InChI is InChI=1S/C44H30N4/c1-29-26-40-42(48(34-12-8-5-9-13-34)36-20-16-32(46-3)17-21-36)27-30(2)37-22-23-39-41(25-24-38(29)43(39)44(37)40)47(33-10-6-4-7-11-33)35-18-14-31(28-45)15-19-35/h4-27H,1-2H3. The quantitative estimate of drug-likeness (QED) is 0.138. The Morgan fingerprint density at radius 2 is 0.979 bits per heavy atom. The largest absolute Gasteiger partial charge is 0.310 e. The highest BCUT2D eigenvalue weighted by molar-refractivity contribution is 6.29. The number of benzene rings is 8. The van der Waals surface area contributed by atoms with Gasteiger partial charge >= 0.3 is 0 Å². The molecule has 48 heavy (non-hydrogen) atoms. The summed E-state index contributed by atoms with van der Waals surface area (Å²) in [6.45, 7) is 11.9. The lowest BCUT2D eigenvalue weighted by Gasteiger charge is -2.30. The first-order valence-corrected chi connectivity index (χ1v) is 16.0. The minimum atomic E-state index is 0.618. The van der Waals surface area contributed by atoms with Gasteiger partial charge in [-0.25, -0.2) is 4.85 Å². The fourth-order valence-corrected chi connectivity index (χ4v) is 7.05. The van der Waals surface area contributed by atoms with E-state index >= 15 is 0 Å². The second-order valence-corrected chi connectivity index (χ2v) is 12.1. The third-order valence-electron chi connectivity index (χ3n) is 9.27. The smallest absolute Gasteiger partial charge is 0.187 e. The van der Waals surface area contributed by atoms with Gasteiger partial charge in [-0.2, -0.15) is 5.26 Å². The summed E-state index contributed by atoms with van der Waals surface area (Å²) in [7, 11) is 0. The minimum Gasteiger partial charge on any atom is -0.310 e. The van der Waals surface area contributed by atoms with Crippen LogP contribution >= 0.6 is 0 Å². The molecule has 0 unspecified atom stereocenters. The number of nitrogens with zero attached hydrogens (tertiary/aromatic N) is 4. The number of hydrogen-bond acceptors (Lipinski definition) is 3. The Labute approximate surface area is 280 Å². The fraction of sp³-hybridized carbons (Fsp3) is 0.0455. The van der Waals surface area contributed by atoms with Crippen molar-refractivity contribution in [3.05, 3.63) is 174 Å². The monoisotopic (exact) mass is 614 g/mol. The van der Waals surface area contributed by atoms with Crippen molar-refractivity contribution in [1.82, 2.24) is 0 Å². The van der Waals surface area contributed by atoms with Gasteiger partial charge in [0.2, 0.25) is 0 Å². The zero-order valence-electron chi connectivity index (χ0n) is 26.6. The summed E-state index contributed by atoms with van der Waals surface area (Å²) in [4.78, 5) is 8.22. The zero-order chi connectivity index (χ0) is 32.8. The Hall–Kier alpha value is -6.62. The van der Waals surface area contributed by atoms with Gasteiger partial charge in [0, 0.05) is 33.5 Å². The van der Waals surface area contributed by atoms with Crippen molar-refractivity contribution in [2.24, 2.45) is 0 Å². The van der Waals surface area contributed by atoms with Gasteiger partial charge in [0.15, 0.2) is 5.69 Å². The van der Waals surface area contributed by atoms with E-state index in [2.05, 4.69) is 119 Å². The minimum absolute atomic E-state index is 0.618. The van der Waals surface area contributed by atoms with Gasteiger partial charge in [-0.15, -0.1) is 0 Å². The van der Waals surface area contributed by atoms with Gasteiger partial charge in [-0.3, -0.25) is 0 Å². The molecular formula is C44H30N4. The molecular weight excluding hydrogens is 585 g/mol. The first-order valence-electron chi connectivity index (χ1n) is 16.0. The molecule has 0 aliphatic heterocycles. The molecule has 8 aromatic rings. The molecule has 0 atom stereocenters. The van der Waals surface area contributed by atoms with E-state index in [4.69, 9.17) is 6.57 Å². The maximum absolute atomic E-state index is 9.50. The van der Waals surface area contributed by atoms with Gasteiger partial charge in [-0.1, -0.05) is 66.7 Å². The Kier molecular flexibility index (Phi) is 6.98. The molecule has 0 aliphatic rings. The number of anilines is 6. The van der Waals surface area contributed by atoms with Crippen LogP contribution < -0.4 is 9.80 Å². The van der Waals surface area contributed by atoms with Crippen LogP contribution in [0, 0.1) is 31.8 Å². The van der Waals surface area contributed by atoms with Crippen LogP contribution in [0.4, 0.5) is 39.8 Å². The highest BCUT2D eigenvalue weighted by Crippen LogP contribution is 2.49. The summed E-state index contributed by atoms with van der Waals surface area (Å²) in [6, 6.07) is 52.4. The van der Waals surface area contributed by atoms with Gasteiger partial charge in [0.25, 0.3) is 0 Å². The second kappa shape index (κ2) is 11.6. The molecule has 8 rings (SSSR count). The van der Waals surface area contributed by atoms with Crippen LogP contribution in [0.2, 0.25) is 0 Å². The summed E-state index contributed by atoms with van der Waals surface area (Å²) >= 11 is 0. The first kappa shape index (κ1) is 28.8. The van der Waals surface area contributed by atoms with E-state index < -0.39 is 0 Å². The zero-order valence-corrected chi connectivity index (χ0v) is 26.6. The molecule has 0 saturated carbocycles. The molecule has 4 heteroatoms. The van der Waals surface area contributed by atoms with Crippen LogP contribution in [0.15, 0.2) is 146 Å². The summed E-state index contributed by atoms with van der Waals surface area (Å²) < 4.78 is 0. The van der Waals surface area contributed by atoms with Crippen molar-refractivity contribution in [2.75, 3.05) is 9.80 Å². The molecule has 0 aromatic heterocycles. The molecule has 0 saturated heterocycles. The SMILES string of the molecule is [C-]#[N+]c1ccc(N(c2ccccc2)c2cc(C)c3ccc4c(N(c5ccccc5)c5ccc(C#N)cc5)ccc5c(C)cc2c3c54)cc1. The molecule has 4 nitrogen and oxygen atoms in total.